The second-order valence-electron chi connectivity index (χ2n) is 28.8. The lowest BCUT2D eigenvalue weighted by atomic mass is 9.99. The standard InChI is InChI=1S/C78H152O17P2/c1-7-10-12-14-16-18-20-21-22-23-24-25-26-31-34-38-44-50-56-62-77(82)94-73(66-89-76(81)61-55-49-43-37-33-30-28-27-29-32-35-41-47-53-59-71(6)9-3)68-92-96(84,85)90-64-72(79)65-91-97(86,87)93-69-74(95-78(83)63-57-51-45-39-40-46-52-58-70(4)5)67-88-75(80)60-54-48-42-36-19-17-15-13-11-8-2/h70-74,79H,7-69H2,1-6H3,(H,84,85)(H,86,87)/t71?,72-,73-,74-/m1/s1. The van der Waals surface area contributed by atoms with Gasteiger partial charge >= 0.3 is 39.5 Å². The molecule has 17 nitrogen and oxygen atoms in total. The lowest BCUT2D eigenvalue weighted by Crippen LogP contribution is -2.30. The van der Waals surface area contributed by atoms with Crippen LogP contribution >= 0.6 is 15.6 Å². The summed E-state index contributed by atoms with van der Waals surface area (Å²) in [5.41, 5.74) is 0. The average Bonchev–Trinajstić information content (AvgIpc) is 2.34. The second-order valence-corrected chi connectivity index (χ2v) is 31.7. The number of esters is 4. The molecule has 3 unspecified atom stereocenters. The molecule has 0 aliphatic carbocycles. The molecule has 0 saturated carbocycles. The minimum Gasteiger partial charge on any atom is -0.462 e. The van der Waals surface area contributed by atoms with Gasteiger partial charge in [0.15, 0.2) is 12.2 Å². The van der Waals surface area contributed by atoms with Crippen molar-refractivity contribution in [3.05, 3.63) is 0 Å². The summed E-state index contributed by atoms with van der Waals surface area (Å²) in [7, 11) is -9.91. The van der Waals surface area contributed by atoms with Gasteiger partial charge in [0.1, 0.15) is 19.3 Å². The Morgan fingerprint density at radius 3 is 0.784 bits per heavy atom. The number of rotatable bonds is 77. The Morgan fingerprint density at radius 1 is 0.299 bits per heavy atom. The SMILES string of the molecule is CCCCCCCCCCCCCCCCCCCCCC(=O)O[C@H](COC(=O)CCCCCCCCCCCCCCCCC(C)CC)COP(=O)(O)OC[C@@H](O)COP(=O)(O)OC[C@@H](COC(=O)CCCCCCCCCCCC)OC(=O)CCCCCCCCCC(C)C. The maximum absolute atomic E-state index is 13.1. The van der Waals surface area contributed by atoms with Crippen molar-refractivity contribution in [2.45, 2.75) is 426 Å². The molecule has 0 saturated heterocycles. The number of aliphatic hydroxyl groups is 1. The molecule has 0 rings (SSSR count). The monoisotopic (exact) mass is 1420 g/mol. The van der Waals surface area contributed by atoms with Gasteiger partial charge in [0, 0.05) is 25.7 Å². The summed E-state index contributed by atoms with van der Waals surface area (Å²) in [5.74, 6) is -0.570. The van der Waals surface area contributed by atoms with Crippen LogP contribution in [0.15, 0.2) is 0 Å². The summed E-state index contributed by atoms with van der Waals surface area (Å²) in [6, 6.07) is 0. The molecule has 0 aliphatic rings. The average molecular weight is 1420 g/mol. The highest BCUT2D eigenvalue weighted by molar-refractivity contribution is 7.47. The van der Waals surface area contributed by atoms with E-state index in [1.54, 1.807) is 0 Å². The van der Waals surface area contributed by atoms with Crippen LogP contribution in [0.5, 0.6) is 0 Å². The third-order valence-corrected chi connectivity index (χ3v) is 20.5. The van der Waals surface area contributed by atoms with E-state index in [2.05, 4.69) is 41.5 Å². The molecule has 0 fully saturated rings. The van der Waals surface area contributed by atoms with Crippen LogP contribution in [-0.4, -0.2) is 96.7 Å². The van der Waals surface area contributed by atoms with Crippen molar-refractivity contribution in [2.24, 2.45) is 11.8 Å². The summed E-state index contributed by atoms with van der Waals surface area (Å²) < 4.78 is 68.5. The summed E-state index contributed by atoms with van der Waals surface area (Å²) in [5, 5.41) is 10.6. The maximum Gasteiger partial charge on any atom is 0.472 e. The zero-order valence-electron chi connectivity index (χ0n) is 63.4. The molecular weight excluding hydrogens is 1270 g/mol. The van der Waals surface area contributed by atoms with Gasteiger partial charge in [0.05, 0.1) is 26.4 Å². The van der Waals surface area contributed by atoms with Crippen molar-refractivity contribution in [1.29, 1.82) is 0 Å². The van der Waals surface area contributed by atoms with Gasteiger partial charge in [-0.3, -0.25) is 37.3 Å². The molecule has 576 valence electrons. The van der Waals surface area contributed by atoms with Crippen LogP contribution in [-0.2, 0) is 65.4 Å². The molecule has 3 N–H and O–H groups in total. The minimum absolute atomic E-state index is 0.104. The molecule has 0 aromatic carbocycles. The van der Waals surface area contributed by atoms with Gasteiger partial charge in [-0.05, 0) is 37.5 Å². The molecule has 0 radical (unpaired) electrons. The number of aliphatic hydroxyl groups excluding tert-OH is 1. The van der Waals surface area contributed by atoms with Gasteiger partial charge in [-0.15, -0.1) is 0 Å². The molecule has 0 bridgehead atoms. The Kier molecular flexibility index (Phi) is 68.4. The third-order valence-electron chi connectivity index (χ3n) is 18.6. The maximum atomic E-state index is 13.1. The molecule has 0 aliphatic heterocycles. The number of hydrogen-bond donors (Lipinski definition) is 3. The van der Waals surface area contributed by atoms with Crippen LogP contribution < -0.4 is 0 Å². The Balaban J connectivity index is 5.21. The Labute approximate surface area is 594 Å². The van der Waals surface area contributed by atoms with E-state index < -0.39 is 97.5 Å². The topological polar surface area (TPSA) is 237 Å². The van der Waals surface area contributed by atoms with Gasteiger partial charge in [-0.1, -0.05) is 356 Å². The van der Waals surface area contributed by atoms with E-state index >= 15 is 0 Å². The second kappa shape index (κ2) is 69.8. The van der Waals surface area contributed by atoms with Gasteiger partial charge in [0.2, 0.25) is 0 Å². The summed E-state index contributed by atoms with van der Waals surface area (Å²) in [6.07, 6.45) is 58.4. The normalized spacial score (nSPS) is 14.2. The van der Waals surface area contributed by atoms with Crippen molar-refractivity contribution in [2.75, 3.05) is 39.6 Å². The Hall–Kier alpha value is -1.94. The van der Waals surface area contributed by atoms with E-state index in [0.717, 1.165) is 95.8 Å². The van der Waals surface area contributed by atoms with Gasteiger partial charge < -0.3 is 33.8 Å². The quantitative estimate of drug-likeness (QED) is 0.0222. The highest BCUT2D eigenvalue weighted by atomic mass is 31.2. The Morgan fingerprint density at radius 2 is 0.526 bits per heavy atom. The van der Waals surface area contributed by atoms with Crippen molar-refractivity contribution in [3.63, 3.8) is 0 Å². The fourth-order valence-corrected chi connectivity index (χ4v) is 13.6. The molecule has 0 spiro atoms. The Bertz CT molecular complexity index is 1870. The lowest BCUT2D eigenvalue weighted by molar-refractivity contribution is -0.161. The molecule has 0 aromatic heterocycles. The number of ether oxygens (including phenoxy) is 4. The van der Waals surface area contributed by atoms with Gasteiger partial charge in [-0.2, -0.15) is 0 Å². The van der Waals surface area contributed by atoms with E-state index in [1.165, 1.54) is 225 Å². The summed E-state index contributed by atoms with van der Waals surface area (Å²) in [4.78, 5) is 72.8. The molecule has 97 heavy (non-hydrogen) atoms. The molecule has 0 aromatic rings. The number of carbonyl (C=O) groups excluding carboxylic acids is 4. The molecule has 0 amide bonds. The number of phosphoric ester groups is 2. The van der Waals surface area contributed by atoms with E-state index in [0.29, 0.717) is 31.6 Å². The van der Waals surface area contributed by atoms with Crippen molar-refractivity contribution >= 4 is 39.5 Å². The molecule has 0 heterocycles. The van der Waals surface area contributed by atoms with Crippen LogP contribution in [0.25, 0.3) is 0 Å². The van der Waals surface area contributed by atoms with E-state index in [-0.39, 0.29) is 25.7 Å². The van der Waals surface area contributed by atoms with Crippen LogP contribution in [0.2, 0.25) is 0 Å². The number of phosphoric acid groups is 2. The summed E-state index contributed by atoms with van der Waals surface area (Å²) in [6.45, 7) is 9.59. The van der Waals surface area contributed by atoms with E-state index in [1.807, 2.05) is 0 Å². The lowest BCUT2D eigenvalue weighted by Gasteiger charge is -2.21. The van der Waals surface area contributed by atoms with Crippen LogP contribution in [0.1, 0.15) is 408 Å². The van der Waals surface area contributed by atoms with E-state index in [9.17, 15) is 43.2 Å². The van der Waals surface area contributed by atoms with E-state index in [4.69, 9.17) is 37.0 Å². The predicted molar refractivity (Wildman–Crippen MR) is 395 cm³/mol. The van der Waals surface area contributed by atoms with Crippen LogP contribution in [0, 0.1) is 11.8 Å². The zero-order valence-corrected chi connectivity index (χ0v) is 65.2. The van der Waals surface area contributed by atoms with Gasteiger partial charge in [0.25, 0.3) is 0 Å². The van der Waals surface area contributed by atoms with Crippen molar-refractivity contribution in [3.8, 4) is 0 Å². The van der Waals surface area contributed by atoms with Crippen molar-refractivity contribution < 1.29 is 80.2 Å². The fraction of sp³-hybridized carbons (Fsp3) is 0.949. The minimum atomic E-state index is -4.96. The largest absolute Gasteiger partial charge is 0.472 e. The number of hydrogen-bond acceptors (Lipinski definition) is 15. The summed E-state index contributed by atoms with van der Waals surface area (Å²) >= 11 is 0. The molecule has 6 atom stereocenters. The zero-order chi connectivity index (χ0) is 71.4. The fourth-order valence-electron chi connectivity index (χ4n) is 12.0. The molecular formula is C78H152O17P2. The first-order valence-corrected chi connectivity index (χ1v) is 43.5. The number of carbonyl (C=O) groups is 4. The first-order chi connectivity index (χ1) is 46.9. The van der Waals surface area contributed by atoms with Crippen LogP contribution in [0.3, 0.4) is 0 Å². The highest BCUT2D eigenvalue weighted by Gasteiger charge is 2.30. The van der Waals surface area contributed by atoms with Gasteiger partial charge in [-0.25, -0.2) is 9.13 Å². The van der Waals surface area contributed by atoms with Crippen LogP contribution in [0.4, 0.5) is 0 Å². The predicted octanol–water partition coefficient (Wildman–Crippen LogP) is 23.1. The first-order valence-electron chi connectivity index (χ1n) is 40.5. The third kappa shape index (κ3) is 70.9. The smallest absolute Gasteiger partial charge is 0.462 e. The number of unbranched alkanes of at least 4 members (excludes halogenated alkanes) is 46. The highest BCUT2D eigenvalue weighted by Crippen LogP contribution is 2.45. The first kappa shape index (κ1) is 95.1. The molecule has 19 heteroatoms. The van der Waals surface area contributed by atoms with Crippen molar-refractivity contribution in [1.82, 2.24) is 0 Å².